The Morgan fingerprint density at radius 2 is 1.63 bits per heavy atom. The van der Waals surface area contributed by atoms with Crippen molar-refractivity contribution in [3.8, 4) is 11.1 Å². The highest BCUT2D eigenvalue weighted by atomic mass is 35.5. The fraction of sp³-hybridized carbons (Fsp3) is 0.344. The second kappa shape index (κ2) is 10.4. The molecule has 0 aliphatic heterocycles. The predicted molar refractivity (Wildman–Crippen MR) is 150 cm³/mol. The van der Waals surface area contributed by atoms with Gasteiger partial charge in [-0.15, -0.1) is 0 Å². The molecule has 0 saturated heterocycles. The average Bonchev–Trinajstić information content (AvgIpc) is 2.84. The molecule has 1 amide bonds. The largest absolute Gasteiger partial charge is 0.326 e. The van der Waals surface area contributed by atoms with Crippen LogP contribution < -0.4 is 5.32 Å². The first-order valence-corrected chi connectivity index (χ1v) is 13.0. The highest BCUT2D eigenvalue weighted by Gasteiger charge is 2.26. The highest BCUT2D eigenvalue weighted by Crippen LogP contribution is 2.39. The molecule has 182 valence electrons. The molecule has 1 aliphatic carbocycles. The van der Waals surface area contributed by atoms with Crippen molar-refractivity contribution in [2.24, 2.45) is 11.3 Å². The molecule has 0 spiro atoms. The summed E-state index contributed by atoms with van der Waals surface area (Å²) in [4.78, 5) is 12.9. The quantitative estimate of drug-likeness (QED) is 0.383. The number of benzene rings is 3. The molecule has 0 saturated carbocycles. The molecular formula is C32H36ClNO. The fourth-order valence-corrected chi connectivity index (χ4v) is 5.18. The standard InChI is InChI=1S/C32H36ClNO/c1-21-20-28(33)16-19-30(21)26-12-17-29(18-13-26)34-31(35)22(2)23-6-8-24(9-7-23)25-10-14-27(15-11-25)32(3,4)5/h6-10,12-13,16-20,22,27H,11,14-15H2,1-5H3,(H,34,35)/t22-,27?/m1/s1. The maximum Gasteiger partial charge on any atom is 0.231 e. The molecule has 0 bridgehead atoms. The van der Waals surface area contributed by atoms with Crippen LogP contribution in [0.25, 0.3) is 16.7 Å². The van der Waals surface area contributed by atoms with Crippen LogP contribution in [0.5, 0.6) is 0 Å². The van der Waals surface area contributed by atoms with Gasteiger partial charge >= 0.3 is 0 Å². The van der Waals surface area contributed by atoms with Crippen molar-refractivity contribution in [1.29, 1.82) is 0 Å². The Hall–Kier alpha value is -2.84. The number of aryl methyl sites for hydroxylation is 1. The lowest BCUT2D eigenvalue weighted by Crippen LogP contribution is -2.22. The number of halogens is 1. The first kappa shape index (κ1) is 25.3. The van der Waals surface area contributed by atoms with E-state index < -0.39 is 0 Å². The van der Waals surface area contributed by atoms with Crippen LogP contribution in [0.1, 0.15) is 69.6 Å². The average molecular weight is 486 g/mol. The van der Waals surface area contributed by atoms with E-state index in [1.165, 1.54) is 17.6 Å². The van der Waals surface area contributed by atoms with Crippen LogP contribution in [0.2, 0.25) is 5.02 Å². The van der Waals surface area contributed by atoms with Crippen molar-refractivity contribution in [3.05, 3.63) is 94.5 Å². The van der Waals surface area contributed by atoms with E-state index in [-0.39, 0.29) is 11.8 Å². The molecule has 0 fully saturated rings. The summed E-state index contributed by atoms with van der Waals surface area (Å²) in [5, 5.41) is 3.81. The molecule has 1 unspecified atom stereocenters. The van der Waals surface area contributed by atoms with E-state index >= 15 is 0 Å². The van der Waals surface area contributed by atoms with E-state index in [0.717, 1.165) is 51.7 Å². The minimum absolute atomic E-state index is 0.00178. The summed E-state index contributed by atoms with van der Waals surface area (Å²) in [5.74, 6) is 0.518. The van der Waals surface area contributed by atoms with E-state index in [1.54, 1.807) is 0 Å². The number of anilines is 1. The molecule has 1 aliphatic rings. The van der Waals surface area contributed by atoms with Crippen molar-refractivity contribution >= 4 is 28.8 Å². The number of amides is 1. The maximum absolute atomic E-state index is 12.9. The first-order valence-electron chi connectivity index (χ1n) is 12.6. The summed E-state index contributed by atoms with van der Waals surface area (Å²) < 4.78 is 0. The summed E-state index contributed by atoms with van der Waals surface area (Å²) in [6, 6.07) is 22.4. The number of hydrogen-bond acceptors (Lipinski definition) is 1. The third-order valence-electron chi connectivity index (χ3n) is 7.46. The Labute approximate surface area is 215 Å². The van der Waals surface area contributed by atoms with Gasteiger partial charge in [0.15, 0.2) is 0 Å². The van der Waals surface area contributed by atoms with Gasteiger partial charge in [0.1, 0.15) is 0 Å². The Morgan fingerprint density at radius 3 is 2.20 bits per heavy atom. The summed E-state index contributed by atoms with van der Waals surface area (Å²) in [6.07, 6.45) is 5.94. The van der Waals surface area contributed by atoms with Crippen LogP contribution in [0.4, 0.5) is 5.69 Å². The molecule has 3 heteroatoms. The number of carbonyl (C=O) groups is 1. The molecule has 2 atom stereocenters. The van der Waals surface area contributed by atoms with Crippen LogP contribution in [-0.4, -0.2) is 5.91 Å². The number of allylic oxidation sites excluding steroid dienone is 2. The number of rotatable bonds is 5. The van der Waals surface area contributed by atoms with Crippen LogP contribution in [-0.2, 0) is 4.79 Å². The predicted octanol–water partition coefficient (Wildman–Crippen LogP) is 9.29. The van der Waals surface area contributed by atoms with E-state index in [9.17, 15) is 4.79 Å². The van der Waals surface area contributed by atoms with Crippen molar-refractivity contribution in [1.82, 2.24) is 0 Å². The third-order valence-corrected chi connectivity index (χ3v) is 7.70. The number of carbonyl (C=O) groups excluding carboxylic acids is 1. The van der Waals surface area contributed by atoms with E-state index in [0.29, 0.717) is 5.41 Å². The van der Waals surface area contributed by atoms with E-state index in [1.807, 2.05) is 49.4 Å². The number of nitrogens with one attached hydrogen (secondary N) is 1. The molecular weight excluding hydrogens is 450 g/mol. The second-order valence-electron chi connectivity index (χ2n) is 10.9. The second-order valence-corrected chi connectivity index (χ2v) is 11.4. The first-order chi connectivity index (χ1) is 16.6. The van der Waals surface area contributed by atoms with Crippen LogP contribution in [0.15, 0.2) is 72.8 Å². The van der Waals surface area contributed by atoms with Gasteiger partial charge in [0.25, 0.3) is 0 Å². The van der Waals surface area contributed by atoms with Gasteiger partial charge in [-0.25, -0.2) is 0 Å². The topological polar surface area (TPSA) is 29.1 Å². The monoisotopic (exact) mass is 485 g/mol. The Bertz CT molecular complexity index is 1220. The molecule has 35 heavy (non-hydrogen) atoms. The summed E-state index contributed by atoms with van der Waals surface area (Å²) in [7, 11) is 0. The van der Waals surface area contributed by atoms with Crippen LogP contribution in [0, 0.1) is 18.3 Å². The molecule has 2 nitrogen and oxygen atoms in total. The molecule has 1 N–H and O–H groups in total. The molecule has 4 rings (SSSR count). The molecule has 0 aromatic heterocycles. The Kier molecular flexibility index (Phi) is 7.52. The summed E-state index contributed by atoms with van der Waals surface area (Å²) >= 11 is 6.08. The third kappa shape index (κ3) is 6.05. The van der Waals surface area contributed by atoms with E-state index in [4.69, 9.17) is 11.6 Å². The maximum atomic E-state index is 12.9. The Morgan fingerprint density at radius 1 is 0.971 bits per heavy atom. The zero-order valence-corrected chi connectivity index (χ0v) is 22.2. The summed E-state index contributed by atoms with van der Waals surface area (Å²) in [6.45, 7) is 11.0. The molecule has 0 radical (unpaired) electrons. The lowest BCUT2D eigenvalue weighted by atomic mass is 9.72. The van der Waals surface area contributed by atoms with E-state index in [2.05, 4.69) is 63.4 Å². The van der Waals surface area contributed by atoms with Gasteiger partial charge in [-0.05, 0) is 102 Å². The van der Waals surface area contributed by atoms with Crippen LogP contribution in [0.3, 0.4) is 0 Å². The van der Waals surface area contributed by atoms with Crippen molar-refractivity contribution in [3.63, 3.8) is 0 Å². The summed E-state index contributed by atoms with van der Waals surface area (Å²) in [5.41, 5.74) is 8.29. The normalized spacial score (nSPS) is 17.0. The minimum atomic E-state index is -0.229. The van der Waals surface area contributed by atoms with Crippen molar-refractivity contribution < 1.29 is 4.79 Å². The van der Waals surface area contributed by atoms with Gasteiger partial charge in [-0.3, -0.25) is 4.79 Å². The lowest BCUT2D eigenvalue weighted by molar-refractivity contribution is -0.117. The van der Waals surface area contributed by atoms with Gasteiger partial charge < -0.3 is 5.32 Å². The van der Waals surface area contributed by atoms with Gasteiger partial charge in [0, 0.05) is 10.7 Å². The smallest absolute Gasteiger partial charge is 0.231 e. The highest BCUT2D eigenvalue weighted by molar-refractivity contribution is 6.30. The zero-order chi connectivity index (χ0) is 25.2. The SMILES string of the molecule is Cc1cc(Cl)ccc1-c1ccc(NC(=O)[C@H](C)c2ccc(C3=CCC(C(C)(C)C)CC3)cc2)cc1. The van der Waals surface area contributed by atoms with Gasteiger partial charge in [0.2, 0.25) is 5.91 Å². The van der Waals surface area contributed by atoms with Crippen LogP contribution >= 0.6 is 11.6 Å². The molecule has 0 heterocycles. The molecule has 3 aromatic rings. The zero-order valence-electron chi connectivity index (χ0n) is 21.5. The lowest BCUT2D eigenvalue weighted by Gasteiger charge is -2.33. The molecule has 3 aromatic carbocycles. The van der Waals surface area contributed by atoms with Crippen molar-refractivity contribution in [2.75, 3.05) is 5.32 Å². The Balaban J connectivity index is 1.39. The number of hydrogen-bond donors (Lipinski definition) is 1. The van der Waals surface area contributed by atoms with Gasteiger partial charge in [0.05, 0.1) is 5.92 Å². The fourth-order valence-electron chi connectivity index (χ4n) is 4.95. The van der Waals surface area contributed by atoms with Gasteiger partial charge in [-0.2, -0.15) is 0 Å². The van der Waals surface area contributed by atoms with Gasteiger partial charge in [-0.1, -0.05) is 80.9 Å². The minimum Gasteiger partial charge on any atom is -0.326 e. The van der Waals surface area contributed by atoms with Crippen molar-refractivity contribution in [2.45, 2.75) is 59.8 Å².